The highest BCUT2D eigenvalue weighted by atomic mass is 19.2. The molecule has 2 aromatic carbocycles. The number of para-hydroxylation sites is 1. The summed E-state index contributed by atoms with van der Waals surface area (Å²) in [4.78, 5) is 23.5. The third-order valence-electron chi connectivity index (χ3n) is 3.25. The van der Waals surface area contributed by atoms with E-state index in [0.29, 0.717) is 17.3 Å². The van der Waals surface area contributed by atoms with Crippen molar-refractivity contribution in [2.45, 2.75) is 13.0 Å². The number of nitrogens with one attached hydrogen (secondary N) is 2. The molecule has 25 heavy (non-hydrogen) atoms. The molecule has 0 saturated carbocycles. The average Bonchev–Trinajstić information content (AvgIpc) is 2.59. The highest BCUT2D eigenvalue weighted by molar-refractivity contribution is 5.95. The number of carbonyl (C=O) groups excluding carboxylic acids is 2. The fraction of sp³-hybridized carbons (Fsp3) is 0.118. The first-order valence-electron chi connectivity index (χ1n) is 7.10. The number of hydrogen-bond acceptors (Lipinski definition) is 3. The van der Waals surface area contributed by atoms with Crippen LogP contribution >= 0.6 is 0 Å². The van der Waals surface area contributed by atoms with Crippen LogP contribution in [0.15, 0.2) is 36.4 Å². The second-order valence-corrected chi connectivity index (χ2v) is 4.95. The van der Waals surface area contributed by atoms with Gasteiger partial charge in [0.1, 0.15) is 6.42 Å². The van der Waals surface area contributed by atoms with E-state index in [1.54, 1.807) is 30.3 Å². The summed E-state index contributed by atoms with van der Waals surface area (Å²) in [5.41, 5.74) is 0.226. The molecule has 0 unspecified atom stereocenters. The highest BCUT2D eigenvalue weighted by Gasteiger charge is 2.18. The number of hydrogen-bond donors (Lipinski definition) is 2. The molecule has 0 aliphatic heterocycles. The van der Waals surface area contributed by atoms with Gasteiger partial charge in [-0.3, -0.25) is 9.59 Å². The molecule has 2 amide bonds. The summed E-state index contributed by atoms with van der Waals surface area (Å²) in [5, 5.41) is 13.4. The van der Waals surface area contributed by atoms with E-state index in [1.165, 1.54) is 0 Å². The van der Waals surface area contributed by atoms with Crippen molar-refractivity contribution in [1.82, 2.24) is 5.32 Å². The number of nitrogens with zero attached hydrogens (tertiary/aromatic N) is 1. The van der Waals surface area contributed by atoms with E-state index in [2.05, 4.69) is 10.6 Å². The first-order valence-corrected chi connectivity index (χ1v) is 7.10. The van der Waals surface area contributed by atoms with E-state index in [9.17, 15) is 22.8 Å². The second-order valence-electron chi connectivity index (χ2n) is 4.95. The van der Waals surface area contributed by atoms with Gasteiger partial charge in [0.2, 0.25) is 5.91 Å². The van der Waals surface area contributed by atoms with Gasteiger partial charge in [0.15, 0.2) is 17.5 Å². The summed E-state index contributed by atoms with van der Waals surface area (Å²) >= 11 is 0. The van der Waals surface area contributed by atoms with E-state index in [4.69, 9.17) is 5.26 Å². The molecule has 0 spiro atoms. The van der Waals surface area contributed by atoms with Crippen LogP contribution in [0.1, 0.15) is 22.3 Å². The number of halogens is 3. The third-order valence-corrected chi connectivity index (χ3v) is 3.25. The zero-order valence-electron chi connectivity index (χ0n) is 12.8. The zero-order valence-corrected chi connectivity index (χ0v) is 12.8. The van der Waals surface area contributed by atoms with Crippen molar-refractivity contribution in [2.24, 2.45) is 0 Å². The minimum Gasteiger partial charge on any atom is -0.348 e. The molecular weight excluding hydrogens is 335 g/mol. The van der Waals surface area contributed by atoms with Gasteiger partial charge >= 0.3 is 0 Å². The molecule has 0 aliphatic carbocycles. The molecule has 128 valence electrons. The van der Waals surface area contributed by atoms with Gasteiger partial charge in [-0.15, -0.1) is 0 Å². The van der Waals surface area contributed by atoms with E-state index in [0.717, 1.165) is 6.07 Å². The van der Waals surface area contributed by atoms with E-state index < -0.39 is 34.8 Å². The molecule has 0 atom stereocenters. The Labute approximate surface area is 141 Å². The first-order chi connectivity index (χ1) is 11.9. The zero-order chi connectivity index (χ0) is 18.4. The van der Waals surface area contributed by atoms with Gasteiger partial charge in [0.25, 0.3) is 5.91 Å². The lowest BCUT2D eigenvalue weighted by Crippen LogP contribution is -2.25. The normalized spacial score (nSPS) is 10.0. The maximum absolute atomic E-state index is 13.6. The maximum atomic E-state index is 13.6. The van der Waals surface area contributed by atoms with Crippen LogP contribution in [0.4, 0.5) is 18.9 Å². The molecule has 0 aromatic heterocycles. The smallest absolute Gasteiger partial charge is 0.254 e. The molecule has 2 aromatic rings. The van der Waals surface area contributed by atoms with Crippen molar-refractivity contribution in [2.75, 3.05) is 5.32 Å². The van der Waals surface area contributed by atoms with Crippen LogP contribution in [0, 0.1) is 28.8 Å². The quantitative estimate of drug-likeness (QED) is 0.816. The molecule has 0 radical (unpaired) electrons. The van der Waals surface area contributed by atoms with E-state index in [-0.39, 0.29) is 13.0 Å². The molecule has 0 bridgehead atoms. The van der Waals surface area contributed by atoms with Crippen LogP contribution in [-0.4, -0.2) is 11.8 Å². The predicted molar refractivity (Wildman–Crippen MR) is 82.8 cm³/mol. The Kier molecular flexibility index (Phi) is 5.74. The largest absolute Gasteiger partial charge is 0.348 e. The van der Waals surface area contributed by atoms with E-state index >= 15 is 0 Å². The summed E-state index contributed by atoms with van der Waals surface area (Å²) in [5.74, 6) is -6.15. The van der Waals surface area contributed by atoms with Crippen LogP contribution in [0.2, 0.25) is 0 Å². The Morgan fingerprint density at radius 3 is 2.48 bits per heavy atom. The first kappa shape index (κ1) is 18.0. The van der Waals surface area contributed by atoms with Gasteiger partial charge in [-0.05, 0) is 23.8 Å². The minimum absolute atomic E-state index is 0.0969. The molecule has 2 N–H and O–H groups in total. The summed E-state index contributed by atoms with van der Waals surface area (Å²) in [7, 11) is 0. The summed E-state index contributed by atoms with van der Waals surface area (Å²) in [6, 6.07) is 9.66. The maximum Gasteiger partial charge on any atom is 0.254 e. The Morgan fingerprint density at radius 2 is 1.76 bits per heavy atom. The monoisotopic (exact) mass is 347 g/mol. The predicted octanol–water partition coefficient (Wildman–Crippen LogP) is 2.89. The third kappa shape index (κ3) is 4.35. The van der Waals surface area contributed by atoms with Crippen LogP contribution in [0.3, 0.4) is 0 Å². The van der Waals surface area contributed by atoms with Crippen molar-refractivity contribution in [3.63, 3.8) is 0 Å². The molecule has 0 fully saturated rings. The SMILES string of the molecule is N#CCC(=O)Nc1ccccc1CNC(=O)c1ccc(F)c(F)c1F. The lowest BCUT2D eigenvalue weighted by Gasteiger charge is -2.11. The fourth-order valence-electron chi connectivity index (χ4n) is 2.03. The van der Waals surface area contributed by atoms with E-state index in [1.807, 2.05) is 0 Å². The lowest BCUT2D eigenvalue weighted by atomic mass is 10.1. The number of benzene rings is 2. The van der Waals surface area contributed by atoms with Gasteiger partial charge in [-0.2, -0.15) is 5.26 Å². The number of amides is 2. The Hall–Kier alpha value is -3.34. The average molecular weight is 347 g/mol. The Balaban J connectivity index is 2.12. The lowest BCUT2D eigenvalue weighted by molar-refractivity contribution is -0.115. The summed E-state index contributed by atoms with van der Waals surface area (Å²) in [6.07, 6.45) is -0.333. The van der Waals surface area contributed by atoms with Crippen LogP contribution < -0.4 is 10.6 Å². The molecule has 0 aliphatic rings. The number of carbonyl (C=O) groups is 2. The van der Waals surface area contributed by atoms with Gasteiger partial charge in [0, 0.05) is 12.2 Å². The second kappa shape index (κ2) is 7.97. The molecule has 0 saturated heterocycles. The van der Waals surface area contributed by atoms with Crippen LogP contribution in [0.5, 0.6) is 0 Å². The van der Waals surface area contributed by atoms with Crippen LogP contribution in [-0.2, 0) is 11.3 Å². The molecule has 0 heterocycles. The summed E-state index contributed by atoms with van der Waals surface area (Å²) < 4.78 is 39.7. The Morgan fingerprint density at radius 1 is 1.04 bits per heavy atom. The van der Waals surface area contributed by atoms with Crippen LogP contribution in [0.25, 0.3) is 0 Å². The van der Waals surface area contributed by atoms with Crippen molar-refractivity contribution < 1.29 is 22.8 Å². The number of nitriles is 1. The minimum atomic E-state index is -1.73. The molecule has 5 nitrogen and oxygen atoms in total. The number of anilines is 1. The van der Waals surface area contributed by atoms with Gasteiger partial charge in [-0.25, -0.2) is 13.2 Å². The molecule has 8 heteroatoms. The van der Waals surface area contributed by atoms with Crippen molar-refractivity contribution in [3.05, 3.63) is 65.0 Å². The highest BCUT2D eigenvalue weighted by Crippen LogP contribution is 2.17. The van der Waals surface area contributed by atoms with Crippen molar-refractivity contribution in [1.29, 1.82) is 5.26 Å². The van der Waals surface area contributed by atoms with Crippen molar-refractivity contribution in [3.8, 4) is 6.07 Å². The topological polar surface area (TPSA) is 82.0 Å². The summed E-state index contributed by atoms with van der Waals surface area (Å²) in [6.45, 7) is -0.0969. The molecular formula is C17H12F3N3O2. The molecule has 2 rings (SSSR count). The fourth-order valence-corrected chi connectivity index (χ4v) is 2.03. The number of rotatable bonds is 5. The van der Waals surface area contributed by atoms with Gasteiger partial charge in [-0.1, -0.05) is 18.2 Å². The van der Waals surface area contributed by atoms with Gasteiger partial charge in [0.05, 0.1) is 11.6 Å². The standard InChI is InChI=1S/C17H12F3N3O2/c18-12-6-5-11(15(19)16(12)20)17(25)22-9-10-3-1-2-4-13(10)23-14(24)7-8-21/h1-6H,7,9H2,(H,22,25)(H,23,24). The van der Waals surface area contributed by atoms with Crippen molar-refractivity contribution >= 4 is 17.5 Å². The van der Waals surface area contributed by atoms with Gasteiger partial charge < -0.3 is 10.6 Å². The Bertz CT molecular complexity index is 863.